The quantitative estimate of drug-likeness (QED) is 0.193. The van der Waals surface area contributed by atoms with Gasteiger partial charge in [-0.2, -0.15) is 0 Å². The SMILES string of the molecule is CC(CC[C@H]1C(=O)N(c2ccccc2)C1c1ccc(Br)cc1OCc1ccccc1)c1ccc(F)cc1. The first-order valence-corrected chi connectivity index (χ1v) is 13.4. The monoisotopic (exact) mass is 557 g/mol. The molecule has 37 heavy (non-hydrogen) atoms. The van der Waals surface area contributed by atoms with Gasteiger partial charge in [0.25, 0.3) is 0 Å². The van der Waals surface area contributed by atoms with Crippen molar-refractivity contribution < 1.29 is 13.9 Å². The molecule has 0 N–H and O–H groups in total. The fraction of sp³-hybridized carbons (Fsp3) is 0.219. The molecule has 0 bridgehead atoms. The molecule has 1 aliphatic rings. The van der Waals surface area contributed by atoms with Crippen LogP contribution in [0, 0.1) is 11.7 Å². The van der Waals surface area contributed by atoms with Crippen LogP contribution in [0.3, 0.4) is 0 Å². The Morgan fingerprint density at radius 3 is 2.30 bits per heavy atom. The molecule has 4 aromatic carbocycles. The molecular weight excluding hydrogens is 529 g/mol. The Morgan fingerprint density at radius 1 is 0.919 bits per heavy atom. The van der Waals surface area contributed by atoms with Crippen LogP contribution < -0.4 is 9.64 Å². The van der Waals surface area contributed by atoms with Gasteiger partial charge in [-0.05, 0) is 66.3 Å². The summed E-state index contributed by atoms with van der Waals surface area (Å²) in [5.74, 6) is 0.719. The van der Waals surface area contributed by atoms with Crippen molar-refractivity contribution in [3.05, 3.63) is 130 Å². The van der Waals surface area contributed by atoms with E-state index in [2.05, 4.69) is 28.9 Å². The van der Waals surface area contributed by atoms with Crippen molar-refractivity contribution >= 4 is 27.5 Å². The second kappa shape index (κ2) is 11.3. The highest BCUT2D eigenvalue weighted by Crippen LogP contribution is 2.49. The van der Waals surface area contributed by atoms with Crippen LogP contribution in [0.15, 0.2) is 108 Å². The number of nitrogens with zero attached hydrogens (tertiary/aromatic N) is 1. The van der Waals surface area contributed by atoms with Crippen molar-refractivity contribution in [2.24, 2.45) is 5.92 Å². The molecule has 4 aromatic rings. The van der Waals surface area contributed by atoms with Crippen molar-refractivity contribution in [1.82, 2.24) is 0 Å². The fourth-order valence-electron chi connectivity index (χ4n) is 5.06. The van der Waals surface area contributed by atoms with E-state index in [9.17, 15) is 9.18 Å². The lowest BCUT2D eigenvalue weighted by Crippen LogP contribution is -2.55. The van der Waals surface area contributed by atoms with E-state index in [4.69, 9.17) is 4.74 Å². The van der Waals surface area contributed by atoms with Crippen LogP contribution in [0.4, 0.5) is 10.1 Å². The van der Waals surface area contributed by atoms with Crippen LogP contribution in [-0.2, 0) is 11.4 Å². The topological polar surface area (TPSA) is 29.5 Å². The van der Waals surface area contributed by atoms with Crippen LogP contribution in [0.2, 0.25) is 0 Å². The number of carbonyl (C=O) groups is 1. The summed E-state index contributed by atoms with van der Waals surface area (Å²) in [6.45, 7) is 2.58. The number of anilines is 1. The van der Waals surface area contributed by atoms with E-state index in [0.717, 1.165) is 45.4 Å². The van der Waals surface area contributed by atoms with Gasteiger partial charge < -0.3 is 9.64 Å². The molecule has 0 aromatic heterocycles. The fourth-order valence-corrected chi connectivity index (χ4v) is 5.40. The molecular formula is C32H29BrFNO2. The lowest BCUT2D eigenvalue weighted by atomic mass is 9.77. The average Bonchev–Trinajstić information content (AvgIpc) is 2.92. The largest absolute Gasteiger partial charge is 0.489 e. The zero-order chi connectivity index (χ0) is 25.8. The molecule has 0 radical (unpaired) electrons. The smallest absolute Gasteiger partial charge is 0.233 e. The van der Waals surface area contributed by atoms with Gasteiger partial charge in [-0.15, -0.1) is 0 Å². The summed E-state index contributed by atoms with van der Waals surface area (Å²) in [6, 6.07) is 32.5. The third-order valence-corrected chi connectivity index (χ3v) is 7.62. The summed E-state index contributed by atoms with van der Waals surface area (Å²) in [5.41, 5.74) is 4.06. The molecule has 1 heterocycles. The van der Waals surface area contributed by atoms with Gasteiger partial charge in [-0.25, -0.2) is 4.39 Å². The van der Waals surface area contributed by atoms with E-state index >= 15 is 0 Å². The Hall–Kier alpha value is -3.44. The maximum atomic E-state index is 13.5. The Kier molecular flexibility index (Phi) is 7.71. The van der Waals surface area contributed by atoms with Crippen LogP contribution in [0.1, 0.15) is 48.4 Å². The van der Waals surface area contributed by atoms with Crippen LogP contribution in [-0.4, -0.2) is 5.91 Å². The lowest BCUT2D eigenvalue weighted by molar-refractivity contribution is -0.130. The first-order chi connectivity index (χ1) is 18.0. The predicted octanol–water partition coefficient (Wildman–Crippen LogP) is 8.46. The van der Waals surface area contributed by atoms with Gasteiger partial charge in [-0.3, -0.25) is 4.79 Å². The van der Waals surface area contributed by atoms with Gasteiger partial charge in [0.2, 0.25) is 5.91 Å². The first kappa shape index (κ1) is 25.2. The zero-order valence-electron chi connectivity index (χ0n) is 20.7. The van der Waals surface area contributed by atoms with Crippen molar-refractivity contribution in [3.63, 3.8) is 0 Å². The maximum absolute atomic E-state index is 13.5. The number of β-lactam (4-membered cyclic amide) rings is 1. The van der Waals surface area contributed by atoms with E-state index in [-0.39, 0.29) is 29.6 Å². The summed E-state index contributed by atoms with van der Waals surface area (Å²) < 4.78 is 20.7. The summed E-state index contributed by atoms with van der Waals surface area (Å²) in [6.07, 6.45) is 1.57. The minimum Gasteiger partial charge on any atom is -0.489 e. The Morgan fingerprint density at radius 2 is 1.59 bits per heavy atom. The van der Waals surface area contributed by atoms with Gasteiger partial charge in [-0.1, -0.05) is 89.6 Å². The molecule has 1 amide bonds. The Bertz CT molecular complexity index is 1340. The molecule has 1 aliphatic heterocycles. The van der Waals surface area contributed by atoms with E-state index in [1.165, 1.54) is 12.1 Å². The highest BCUT2D eigenvalue weighted by molar-refractivity contribution is 9.10. The minimum absolute atomic E-state index is 0.124. The maximum Gasteiger partial charge on any atom is 0.233 e. The molecule has 1 fully saturated rings. The van der Waals surface area contributed by atoms with Crippen molar-refractivity contribution in [1.29, 1.82) is 0 Å². The van der Waals surface area contributed by atoms with Crippen LogP contribution in [0.5, 0.6) is 5.75 Å². The summed E-state index contributed by atoms with van der Waals surface area (Å²) in [5, 5.41) is 0. The molecule has 188 valence electrons. The number of halogens is 2. The van der Waals surface area contributed by atoms with Crippen molar-refractivity contribution in [2.75, 3.05) is 4.90 Å². The predicted molar refractivity (Wildman–Crippen MR) is 149 cm³/mol. The number of para-hydroxylation sites is 1. The van der Waals surface area contributed by atoms with Gasteiger partial charge in [0.15, 0.2) is 0 Å². The third kappa shape index (κ3) is 5.62. The first-order valence-electron chi connectivity index (χ1n) is 12.6. The van der Waals surface area contributed by atoms with Crippen LogP contribution in [0.25, 0.3) is 0 Å². The number of carbonyl (C=O) groups excluding carboxylic acids is 1. The Labute approximate surface area is 226 Å². The molecule has 5 rings (SSSR count). The van der Waals surface area contributed by atoms with Gasteiger partial charge in [0, 0.05) is 15.7 Å². The molecule has 2 unspecified atom stereocenters. The zero-order valence-corrected chi connectivity index (χ0v) is 22.3. The number of ether oxygens (including phenoxy) is 1. The normalized spacial score (nSPS) is 17.8. The molecule has 0 aliphatic carbocycles. The molecule has 0 saturated carbocycles. The number of hydrogen-bond acceptors (Lipinski definition) is 2. The van der Waals surface area contributed by atoms with Gasteiger partial charge >= 0.3 is 0 Å². The van der Waals surface area contributed by atoms with Gasteiger partial charge in [0.1, 0.15) is 18.2 Å². The minimum atomic E-state index is -0.234. The molecule has 3 atom stereocenters. The molecule has 5 heteroatoms. The summed E-state index contributed by atoms with van der Waals surface area (Å²) in [4.78, 5) is 15.4. The second-order valence-electron chi connectivity index (χ2n) is 9.58. The van der Waals surface area contributed by atoms with Gasteiger partial charge in [0.05, 0.1) is 12.0 Å². The highest BCUT2D eigenvalue weighted by Gasteiger charge is 2.49. The van der Waals surface area contributed by atoms with Crippen LogP contribution >= 0.6 is 15.9 Å². The molecule has 0 spiro atoms. The lowest BCUT2D eigenvalue weighted by Gasteiger charge is -2.48. The molecule has 1 saturated heterocycles. The third-order valence-electron chi connectivity index (χ3n) is 7.13. The number of rotatable bonds is 9. The molecule has 3 nitrogen and oxygen atoms in total. The standard InChI is InChI=1S/C32H29BrFNO2/c1-22(24-13-16-26(34)17-14-24)12-18-29-31(35(32(29)36)27-10-6-3-7-11-27)28-19-15-25(33)20-30(28)37-21-23-8-4-2-5-9-23/h2-11,13-17,19-20,22,29,31H,12,18,21H2,1H3/t22?,29-,31?/m1/s1. The Balaban J connectivity index is 1.42. The van der Waals surface area contributed by atoms with E-state index in [0.29, 0.717) is 6.61 Å². The van der Waals surface area contributed by atoms with Crippen molar-refractivity contribution in [2.45, 2.75) is 38.3 Å². The number of hydrogen-bond donors (Lipinski definition) is 0. The van der Waals surface area contributed by atoms with Crippen molar-refractivity contribution in [3.8, 4) is 5.75 Å². The van der Waals surface area contributed by atoms with E-state index in [1.54, 1.807) is 0 Å². The number of benzene rings is 4. The van der Waals surface area contributed by atoms with E-state index in [1.807, 2.05) is 89.8 Å². The number of amides is 1. The summed E-state index contributed by atoms with van der Waals surface area (Å²) >= 11 is 3.59. The summed E-state index contributed by atoms with van der Waals surface area (Å²) in [7, 11) is 0. The highest BCUT2D eigenvalue weighted by atomic mass is 79.9. The second-order valence-corrected chi connectivity index (χ2v) is 10.5. The van der Waals surface area contributed by atoms with E-state index < -0.39 is 0 Å². The average molecular weight is 558 g/mol.